The lowest BCUT2D eigenvalue weighted by atomic mass is 10.3. The van der Waals surface area contributed by atoms with Crippen LogP contribution in [0.3, 0.4) is 0 Å². The molecule has 5 nitrogen and oxygen atoms in total. The summed E-state index contributed by atoms with van der Waals surface area (Å²) >= 11 is 1.32. The molecule has 0 aliphatic carbocycles. The number of hydrogen-bond acceptors (Lipinski definition) is 4. The number of pyridine rings is 1. The Morgan fingerprint density at radius 2 is 2.22 bits per heavy atom. The minimum absolute atomic E-state index is 0.0479. The van der Waals surface area contributed by atoms with Crippen LogP contribution in [0.5, 0.6) is 0 Å². The number of amides is 1. The highest BCUT2D eigenvalue weighted by atomic mass is 32.1. The molecule has 0 atom stereocenters. The van der Waals surface area contributed by atoms with Crippen molar-refractivity contribution < 1.29 is 4.79 Å². The molecule has 0 fully saturated rings. The van der Waals surface area contributed by atoms with Gasteiger partial charge < -0.3 is 4.57 Å². The number of hydrogen-bond donors (Lipinski definition) is 2. The lowest BCUT2D eigenvalue weighted by Gasteiger charge is -2.03. The molecule has 0 spiro atoms. The molecule has 6 heteroatoms. The number of thiophene rings is 1. The normalized spacial score (nSPS) is 10.3. The number of nitrogens with one attached hydrogen (secondary N) is 1. The Bertz CT molecular complexity index is 630. The molecule has 0 unspecified atom stereocenters. The standard InChI is InChI=1S/C12H13N3O2S/c1-8-4-5-15(11(16)6-8)7-9-2-3-10(18-9)12(17)14-13/h2-6H,7,13H2,1H3,(H,14,17). The SMILES string of the molecule is Cc1ccn(Cc2ccc(C(=O)NN)s2)c(=O)c1. The lowest BCUT2D eigenvalue weighted by molar-refractivity contribution is 0.0957. The van der Waals surface area contributed by atoms with Gasteiger partial charge in [0, 0.05) is 17.1 Å². The van der Waals surface area contributed by atoms with Crippen molar-refractivity contribution in [3.05, 3.63) is 56.1 Å². The fourth-order valence-corrected chi connectivity index (χ4v) is 2.47. The van der Waals surface area contributed by atoms with E-state index in [4.69, 9.17) is 5.84 Å². The van der Waals surface area contributed by atoms with Crippen LogP contribution in [-0.2, 0) is 6.54 Å². The van der Waals surface area contributed by atoms with Crippen molar-refractivity contribution in [3.8, 4) is 0 Å². The smallest absolute Gasteiger partial charge is 0.275 e. The summed E-state index contributed by atoms with van der Waals surface area (Å²) in [7, 11) is 0. The Hall–Kier alpha value is -1.92. The molecule has 0 saturated heterocycles. The van der Waals surface area contributed by atoms with Gasteiger partial charge in [-0.2, -0.15) is 0 Å². The Morgan fingerprint density at radius 1 is 1.44 bits per heavy atom. The maximum Gasteiger partial charge on any atom is 0.275 e. The van der Waals surface area contributed by atoms with E-state index in [2.05, 4.69) is 5.43 Å². The largest absolute Gasteiger partial charge is 0.310 e. The first kappa shape index (κ1) is 12.5. The average molecular weight is 263 g/mol. The van der Waals surface area contributed by atoms with Crippen molar-refractivity contribution in [3.63, 3.8) is 0 Å². The highest BCUT2D eigenvalue weighted by Gasteiger charge is 2.08. The molecular weight excluding hydrogens is 250 g/mol. The second kappa shape index (κ2) is 5.16. The summed E-state index contributed by atoms with van der Waals surface area (Å²) in [5.74, 6) is 4.74. The zero-order chi connectivity index (χ0) is 13.1. The van der Waals surface area contributed by atoms with Crippen LogP contribution in [0.4, 0.5) is 0 Å². The zero-order valence-corrected chi connectivity index (χ0v) is 10.7. The second-order valence-electron chi connectivity index (χ2n) is 3.91. The summed E-state index contributed by atoms with van der Waals surface area (Å²) in [5.41, 5.74) is 2.97. The van der Waals surface area contributed by atoms with Gasteiger partial charge in [0.2, 0.25) is 0 Å². The average Bonchev–Trinajstić information content (AvgIpc) is 2.80. The minimum atomic E-state index is -0.317. The third-order valence-corrected chi connectivity index (χ3v) is 3.56. The molecule has 18 heavy (non-hydrogen) atoms. The van der Waals surface area contributed by atoms with Crippen LogP contribution in [0.25, 0.3) is 0 Å². The number of nitrogens with two attached hydrogens (primary N) is 1. The summed E-state index contributed by atoms with van der Waals surface area (Å²) < 4.78 is 1.60. The van der Waals surface area contributed by atoms with E-state index in [0.29, 0.717) is 11.4 Å². The number of carbonyl (C=O) groups is 1. The third-order valence-electron chi connectivity index (χ3n) is 2.49. The molecule has 0 saturated carbocycles. The highest BCUT2D eigenvalue weighted by molar-refractivity contribution is 7.14. The Balaban J connectivity index is 2.21. The van der Waals surface area contributed by atoms with Crippen LogP contribution in [0.2, 0.25) is 0 Å². The van der Waals surface area contributed by atoms with E-state index in [0.717, 1.165) is 10.4 Å². The van der Waals surface area contributed by atoms with Gasteiger partial charge in [-0.25, -0.2) is 5.84 Å². The van der Waals surface area contributed by atoms with Crippen molar-refractivity contribution in [2.75, 3.05) is 0 Å². The molecule has 0 aliphatic heterocycles. The molecule has 0 aliphatic rings. The molecule has 2 aromatic heterocycles. The zero-order valence-electron chi connectivity index (χ0n) is 9.84. The maximum absolute atomic E-state index is 11.7. The molecule has 2 heterocycles. The van der Waals surface area contributed by atoms with Crippen LogP contribution in [0, 0.1) is 6.92 Å². The summed E-state index contributed by atoms with van der Waals surface area (Å²) in [4.78, 5) is 24.5. The molecule has 1 amide bonds. The van der Waals surface area contributed by atoms with Gasteiger partial charge >= 0.3 is 0 Å². The van der Waals surface area contributed by atoms with Crippen molar-refractivity contribution in [1.29, 1.82) is 0 Å². The summed E-state index contributed by atoms with van der Waals surface area (Å²) in [6, 6.07) is 6.98. The van der Waals surface area contributed by atoms with Gasteiger partial charge in [0.25, 0.3) is 11.5 Å². The second-order valence-corrected chi connectivity index (χ2v) is 5.08. The Labute approximate surface area is 108 Å². The maximum atomic E-state index is 11.7. The summed E-state index contributed by atoms with van der Waals surface area (Å²) in [6.45, 7) is 2.34. The molecule has 0 aromatic carbocycles. The number of carbonyl (C=O) groups excluding carboxylic acids is 1. The number of nitrogen functional groups attached to an aromatic ring is 1. The van der Waals surface area contributed by atoms with E-state index in [1.54, 1.807) is 22.9 Å². The van der Waals surface area contributed by atoms with E-state index in [1.807, 2.05) is 19.1 Å². The first-order valence-electron chi connectivity index (χ1n) is 5.37. The predicted molar refractivity (Wildman–Crippen MR) is 70.5 cm³/mol. The van der Waals surface area contributed by atoms with Crippen LogP contribution >= 0.6 is 11.3 Å². The van der Waals surface area contributed by atoms with E-state index in [1.165, 1.54) is 11.3 Å². The number of aryl methyl sites for hydroxylation is 1. The number of hydrazine groups is 1. The Morgan fingerprint density at radius 3 is 2.89 bits per heavy atom. The first-order chi connectivity index (χ1) is 8.60. The van der Waals surface area contributed by atoms with Gasteiger partial charge in [-0.15, -0.1) is 11.3 Å². The van der Waals surface area contributed by atoms with E-state index < -0.39 is 0 Å². The molecule has 0 radical (unpaired) electrons. The molecule has 2 aromatic rings. The van der Waals surface area contributed by atoms with Crippen molar-refractivity contribution in [2.24, 2.45) is 5.84 Å². The minimum Gasteiger partial charge on any atom is -0.310 e. The number of aromatic nitrogens is 1. The van der Waals surface area contributed by atoms with Gasteiger partial charge in [-0.05, 0) is 30.7 Å². The first-order valence-corrected chi connectivity index (χ1v) is 6.18. The van der Waals surface area contributed by atoms with E-state index >= 15 is 0 Å². The fraction of sp³-hybridized carbons (Fsp3) is 0.167. The van der Waals surface area contributed by atoms with Gasteiger partial charge in [0.1, 0.15) is 0 Å². The molecule has 2 rings (SSSR count). The van der Waals surface area contributed by atoms with Gasteiger partial charge in [0.15, 0.2) is 0 Å². The van der Waals surface area contributed by atoms with Crippen molar-refractivity contribution >= 4 is 17.2 Å². The molecule has 3 N–H and O–H groups in total. The van der Waals surface area contributed by atoms with Crippen LogP contribution in [-0.4, -0.2) is 10.5 Å². The van der Waals surface area contributed by atoms with Crippen molar-refractivity contribution in [1.82, 2.24) is 9.99 Å². The van der Waals surface area contributed by atoms with Crippen LogP contribution < -0.4 is 16.8 Å². The summed E-state index contributed by atoms with van der Waals surface area (Å²) in [6.07, 6.45) is 1.75. The number of nitrogens with zero attached hydrogens (tertiary/aromatic N) is 1. The van der Waals surface area contributed by atoms with Gasteiger partial charge in [0.05, 0.1) is 11.4 Å². The predicted octanol–water partition coefficient (Wildman–Crippen LogP) is 0.870. The van der Waals surface area contributed by atoms with E-state index in [-0.39, 0.29) is 11.5 Å². The molecule has 94 valence electrons. The van der Waals surface area contributed by atoms with Crippen LogP contribution in [0.15, 0.2) is 35.3 Å². The number of rotatable bonds is 3. The molecule has 0 bridgehead atoms. The lowest BCUT2D eigenvalue weighted by Crippen LogP contribution is -2.29. The van der Waals surface area contributed by atoms with Crippen molar-refractivity contribution in [2.45, 2.75) is 13.5 Å². The third kappa shape index (κ3) is 2.66. The Kier molecular flexibility index (Phi) is 3.59. The van der Waals surface area contributed by atoms with E-state index in [9.17, 15) is 9.59 Å². The topological polar surface area (TPSA) is 77.1 Å². The highest BCUT2D eigenvalue weighted by Crippen LogP contribution is 2.16. The molecular formula is C12H13N3O2S. The van der Waals surface area contributed by atoms with Gasteiger partial charge in [-0.1, -0.05) is 0 Å². The summed E-state index contributed by atoms with van der Waals surface area (Å²) in [5, 5.41) is 0. The van der Waals surface area contributed by atoms with Gasteiger partial charge in [-0.3, -0.25) is 15.0 Å². The quantitative estimate of drug-likeness (QED) is 0.490. The fourth-order valence-electron chi connectivity index (χ4n) is 1.56. The monoisotopic (exact) mass is 263 g/mol. The van der Waals surface area contributed by atoms with Crippen LogP contribution in [0.1, 0.15) is 20.1 Å².